The third-order valence-electron chi connectivity index (χ3n) is 3.64. The van der Waals surface area contributed by atoms with Gasteiger partial charge in [-0.1, -0.05) is 19.9 Å². The monoisotopic (exact) mass is 369 g/mol. The molecule has 2 rings (SSSR count). The predicted octanol–water partition coefficient (Wildman–Crippen LogP) is 3.52. The molecule has 144 valence electrons. The van der Waals surface area contributed by atoms with Gasteiger partial charge in [0.25, 0.3) is 5.91 Å². The van der Waals surface area contributed by atoms with Gasteiger partial charge >= 0.3 is 0 Å². The van der Waals surface area contributed by atoms with E-state index < -0.39 is 0 Å². The number of hydrogen-bond acceptors (Lipinski definition) is 4. The summed E-state index contributed by atoms with van der Waals surface area (Å²) in [6.45, 7) is 7.40. The van der Waals surface area contributed by atoms with Crippen LogP contribution in [0.2, 0.25) is 0 Å². The fourth-order valence-corrected chi connectivity index (χ4v) is 2.32. The molecule has 2 amide bonds. The second kappa shape index (κ2) is 10.2. The second-order valence-electron chi connectivity index (χ2n) is 6.57. The Labute approximate surface area is 160 Å². The number of ether oxygens (including phenoxy) is 1. The molecule has 0 unspecified atom stereocenters. The van der Waals surface area contributed by atoms with Crippen molar-refractivity contribution in [1.29, 1.82) is 0 Å². The summed E-state index contributed by atoms with van der Waals surface area (Å²) in [5.41, 5.74) is 1.93. The lowest BCUT2D eigenvalue weighted by Crippen LogP contribution is -2.24. The highest BCUT2D eigenvalue weighted by molar-refractivity contribution is 5.98. The van der Waals surface area contributed by atoms with E-state index >= 15 is 0 Å². The van der Waals surface area contributed by atoms with E-state index in [-0.39, 0.29) is 18.4 Å². The van der Waals surface area contributed by atoms with Gasteiger partial charge in [0.2, 0.25) is 5.91 Å². The molecule has 2 aromatic rings. The molecular formula is C21H27N3O3. The topological polar surface area (TPSA) is 79.5 Å². The predicted molar refractivity (Wildman–Crippen MR) is 108 cm³/mol. The Balaban J connectivity index is 1.84. The number of hydrogen-bond donors (Lipinski definition) is 3. The summed E-state index contributed by atoms with van der Waals surface area (Å²) in [6.07, 6.45) is 0. The van der Waals surface area contributed by atoms with Crippen LogP contribution in [0.3, 0.4) is 0 Å². The van der Waals surface area contributed by atoms with E-state index in [2.05, 4.69) is 29.8 Å². The van der Waals surface area contributed by atoms with Gasteiger partial charge in [0.15, 0.2) is 0 Å². The van der Waals surface area contributed by atoms with Crippen LogP contribution in [0.5, 0.6) is 5.75 Å². The molecule has 3 N–H and O–H groups in total. The minimum absolute atomic E-state index is 0.123. The van der Waals surface area contributed by atoms with Crippen molar-refractivity contribution in [3.63, 3.8) is 0 Å². The minimum atomic E-state index is -0.191. The number of benzene rings is 2. The second-order valence-corrected chi connectivity index (χ2v) is 6.57. The standard InChI is InChI=1S/C21H27N3O3/c1-4-22-21(26)16-6-5-7-18(12-16)24-20(25)13-23-17-8-10-19(11-9-17)27-14-15(2)3/h5-12,15,23H,4,13-14H2,1-3H3,(H,22,26)(H,24,25). The van der Waals surface area contributed by atoms with Gasteiger partial charge in [-0.2, -0.15) is 0 Å². The van der Waals surface area contributed by atoms with Crippen molar-refractivity contribution in [3.8, 4) is 5.75 Å². The summed E-state index contributed by atoms with van der Waals surface area (Å²) in [5.74, 6) is 0.925. The van der Waals surface area contributed by atoms with Crippen molar-refractivity contribution in [2.75, 3.05) is 30.3 Å². The molecule has 6 heteroatoms. The minimum Gasteiger partial charge on any atom is -0.493 e. The summed E-state index contributed by atoms with van der Waals surface area (Å²) in [4.78, 5) is 24.0. The van der Waals surface area contributed by atoms with Crippen LogP contribution in [-0.4, -0.2) is 31.5 Å². The number of nitrogens with one attached hydrogen (secondary N) is 3. The highest BCUT2D eigenvalue weighted by atomic mass is 16.5. The van der Waals surface area contributed by atoms with Crippen molar-refractivity contribution < 1.29 is 14.3 Å². The molecule has 27 heavy (non-hydrogen) atoms. The number of carbonyl (C=O) groups is 2. The van der Waals surface area contributed by atoms with Gasteiger partial charge in [-0.15, -0.1) is 0 Å². The third-order valence-corrected chi connectivity index (χ3v) is 3.64. The first-order chi connectivity index (χ1) is 13.0. The number of amides is 2. The molecule has 0 aliphatic rings. The molecule has 0 spiro atoms. The first-order valence-corrected chi connectivity index (χ1v) is 9.12. The molecule has 0 aliphatic heterocycles. The van der Waals surface area contributed by atoms with Crippen LogP contribution < -0.4 is 20.7 Å². The Kier molecular flexibility index (Phi) is 7.67. The normalized spacial score (nSPS) is 10.4. The van der Waals surface area contributed by atoms with E-state index in [0.717, 1.165) is 11.4 Å². The Morgan fingerprint density at radius 2 is 1.78 bits per heavy atom. The van der Waals surface area contributed by atoms with Crippen LogP contribution in [0.25, 0.3) is 0 Å². The summed E-state index contributed by atoms with van der Waals surface area (Å²) in [7, 11) is 0. The summed E-state index contributed by atoms with van der Waals surface area (Å²) >= 11 is 0. The molecule has 0 atom stereocenters. The zero-order valence-corrected chi connectivity index (χ0v) is 16.0. The SMILES string of the molecule is CCNC(=O)c1cccc(NC(=O)CNc2ccc(OCC(C)C)cc2)c1. The van der Waals surface area contributed by atoms with Gasteiger partial charge in [0.05, 0.1) is 13.2 Å². The molecule has 6 nitrogen and oxygen atoms in total. The molecule has 0 aromatic heterocycles. The lowest BCUT2D eigenvalue weighted by molar-refractivity contribution is -0.114. The zero-order chi connectivity index (χ0) is 19.6. The fourth-order valence-electron chi connectivity index (χ4n) is 2.32. The Morgan fingerprint density at radius 1 is 1.04 bits per heavy atom. The van der Waals surface area contributed by atoms with Gasteiger partial charge in [0, 0.05) is 23.5 Å². The molecule has 0 radical (unpaired) electrons. The average molecular weight is 369 g/mol. The van der Waals surface area contributed by atoms with E-state index in [1.807, 2.05) is 31.2 Å². The van der Waals surface area contributed by atoms with Crippen LogP contribution in [0, 0.1) is 5.92 Å². The number of carbonyl (C=O) groups excluding carboxylic acids is 2. The first-order valence-electron chi connectivity index (χ1n) is 9.12. The smallest absolute Gasteiger partial charge is 0.251 e. The van der Waals surface area contributed by atoms with E-state index in [9.17, 15) is 9.59 Å². The van der Waals surface area contributed by atoms with E-state index in [1.54, 1.807) is 24.3 Å². The Bertz CT molecular complexity index is 758. The largest absolute Gasteiger partial charge is 0.493 e. The van der Waals surface area contributed by atoms with Crippen LogP contribution in [-0.2, 0) is 4.79 Å². The Hall–Kier alpha value is -3.02. The van der Waals surface area contributed by atoms with E-state index in [4.69, 9.17) is 4.74 Å². The first kappa shape index (κ1) is 20.3. The maximum atomic E-state index is 12.1. The van der Waals surface area contributed by atoms with Gasteiger partial charge in [-0.05, 0) is 55.3 Å². The van der Waals surface area contributed by atoms with Gasteiger partial charge in [0.1, 0.15) is 5.75 Å². The highest BCUT2D eigenvalue weighted by Gasteiger charge is 2.07. The van der Waals surface area contributed by atoms with Crippen molar-refractivity contribution >= 4 is 23.2 Å². The Morgan fingerprint density at radius 3 is 2.44 bits per heavy atom. The van der Waals surface area contributed by atoms with Crippen molar-refractivity contribution in [1.82, 2.24) is 5.32 Å². The maximum Gasteiger partial charge on any atom is 0.251 e. The summed E-state index contributed by atoms with van der Waals surface area (Å²) in [5, 5.41) is 8.59. The maximum absolute atomic E-state index is 12.1. The van der Waals surface area contributed by atoms with Crippen LogP contribution in [0.4, 0.5) is 11.4 Å². The molecule has 0 saturated heterocycles. The lowest BCUT2D eigenvalue weighted by atomic mass is 10.2. The highest BCUT2D eigenvalue weighted by Crippen LogP contribution is 2.16. The fraction of sp³-hybridized carbons (Fsp3) is 0.333. The molecule has 0 aliphatic carbocycles. The van der Waals surface area contributed by atoms with Crippen molar-refractivity contribution in [2.45, 2.75) is 20.8 Å². The molecule has 0 bridgehead atoms. The third kappa shape index (κ3) is 7.01. The molecule has 0 saturated carbocycles. The van der Waals surface area contributed by atoms with Crippen molar-refractivity contribution in [2.24, 2.45) is 5.92 Å². The van der Waals surface area contributed by atoms with Gasteiger partial charge in [-0.3, -0.25) is 9.59 Å². The lowest BCUT2D eigenvalue weighted by Gasteiger charge is -2.11. The summed E-state index contributed by atoms with van der Waals surface area (Å²) in [6, 6.07) is 14.4. The average Bonchev–Trinajstić information content (AvgIpc) is 2.66. The quantitative estimate of drug-likeness (QED) is 0.632. The van der Waals surface area contributed by atoms with Crippen molar-refractivity contribution in [3.05, 3.63) is 54.1 Å². The number of rotatable bonds is 9. The van der Waals surface area contributed by atoms with Gasteiger partial charge in [-0.25, -0.2) is 0 Å². The zero-order valence-electron chi connectivity index (χ0n) is 16.0. The van der Waals surface area contributed by atoms with Crippen LogP contribution in [0.1, 0.15) is 31.1 Å². The van der Waals surface area contributed by atoms with E-state index in [1.165, 1.54) is 0 Å². The van der Waals surface area contributed by atoms with E-state index in [0.29, 0.717) is 30.3 Å². The molecule has 2 aromatic carbocycles. The molecular weight excluding hydrogens is 342 g/mol. The number of anilines is 2. The van der Waals surface area contributed by atoms with Crippen LogP contribution in [0.15, 0.2) is 48.5 Å². The van der Waals surface area contributed by atoms with Gasteiger partial charge < -0.3 is 20.7 Å². The molecule has 0 fully saturated rings. The summed E-state index contributed by atoms with van der Waals surface area (Å²) < 4.78 is 5.64. The van der Waals surface area contributed by atoms with Crippen LogP contribution >= 0.6 is 0 Å². The molecule has 0 heterocycles.